The van der Waals surface area contributed by atoms with Crippen molar-refractivity contribution >= 4 is 11.6 Å². The lowest BCUT2D eigenvalue weighted by molar-refractivity contribution is -0.120. The zero-order valence-electron chi connectivity index (χ0n) is 13.6. The number of anilines is 1. The molecule has 0 heterocycles. The molecule has 0 saturated heterocycles. The zero-order valence-corrected chi connectivity index (χ0v) is 13.6. The second kappa shape index (κ2) is 7.92. The van der Waals surface area contributed by atoms with E-state index in [4.69, 9.17) is 14.2 Å². The van der Waals surface area contributed by atoms with Crippen LogP contribution in [0.2, 0.25) is 0 Å². The van der Waals surface area contributed by atoms with Gasteiger partial charge in [0.2, 0.25) is 11.7 Å². The quantitative estimate of drug-likeness (QED) is 0.844. The first kappa shape index (κ1) is 16.5. The SMILES string of the molecule is COc1cc(NC(=O)C2CCCCCC2)cc(OC)c1OC. The Kier molecular flexibility index (Phi) is 5.92. The highest BCUT2D eigenvalue weighted by molar-refractivity contribution is 5.93. The lowest BCUT2D eigenvalue weighted by Crippen LogP contribution is -2.22. The summed E-state index contributed by atoms with van der Waals surface area (Å²) in [5.74, 6) is 1.78. The van der Waals surface area contributed by atoms with Crippen LogP contribution in [0.25, 0.3) is 0 Å². The standard InChI is InChI=1S/C17H25NO4/c1-20-14-10-13(11-15(21-2)16(14)22-3)18-17(19)12-8-6-4-5-7-9-12/h10-12H,4-9H2,1-3H3,(H,18,19). The van der Waals surface area contributed by atoms with Gasteiger partial charge in [-0.2, -0.15) is 0 Å². The molecular formula is C17H25NO4. The summed E-state index contributed by atoms with van der Waals surface area (Å²) >= 11 is 0. The number of hydrogen-bond donors (Lipinski definition) is 1. The minimum Gasteiger partial charge on any atom is -0.493 e. The van der Waals surface area contributed by atoms with Gasteiger partial charge in [0.15, 0.2) is 11.5 Å². The van der Waals surface area contributed by atoms with E-state index in [1.54, 1.807) is 33.5 Å². The third kappa shape index (κ3) is 3.84. The Balaban J connectivity index is 2.16. The van der Waals surface area contributed by atoms with Crippen LogP contribution >= 0.6 is 0 Å². The maximum atomic E-state index is 12.5. The Hall–Kier alpha value is -1.91. The Bertz CT molecular complexity index is 482. The van der Waals surface area contributed by atoms with E-state index in [0.29, 0.717) is 22.9 Å². The topological polar surface area (TPSA) is 56.8 Å². The number of hydrogen-bond acceptors (Lipinski definition) is 4. The van der Waals surface area contributed by atoms with Crippen molar-refractivity contribution in [1.82, 2.24) is 0 Å². The lowest BCUT2D eigenvalue weighted by atomic mass is 9.99. The second-order valence-electron chi connectivity index (χ2n) is 5.59. The molecule has 0 spiro atoms. The number of amides is 1. The monoisotopic (exact) mass is 307 g/mol. The average Bonchev–Trinajstić information content (AvgIpc) is 2.83. The van der Waals surface area contributed by atoms with Crippen molar-refractivity contribution in [2.75, 3.05) is 26.6 Å². The molecule has 1 amide bonds. The molecule has 1 aromatic rings. The van der Waals surface area contributed by atoms with Gasteiger partial charge >= 0.3 is 0 Å². The fraction of sp³-hybridized carbons (Fsp3) is 0.588. The summed E-state index contributed by atoms with van der Waals surface area (Å²) in [7, 11) is 4.69. The van der Waals surface area contributed by atoms with Gasteiger partial charge < -0.3 is 19.5 Å². The summed E-state index contributed by atoms with van der Waals surface area (Å²) in [6.07, 6.45) is 6.66. The van der Waals surface area contributed by atoms with E-state index in [-0.39, 0.29) is 11.8 Å². The van der Waals surface area contributed by atoms with E-state index < -0.39 is 0 Å². The summed E-state index contributed by atoms with van der Waals surface area (Å²) in [5, 5.41) is 2.99. The minimum absolute atomic E-state index is 0.0798. The van der Waals surface area contributed by atoms with Crippen LogP contribution in [0.4, 0.5) is 5.69 Å². The molecule has 1 saturated carbocycles. The van der Waals surface area contributed by atoms with E-state index in [1.165, 1.54) is 12.8 Å². The van der Waals surface area contributed by atoms with Gasteiger partial charge in [-0.05, 0) is 12.8 Å². The van der Waals surface area contributed by atoms with Crippen LogP contribution in [0.15, 0.2) is 12.1 Å². The number of rotatable bonds is 5. The largest absolute Gasteiger partial charge is 0.493 e. The smallest absolute Gasteiger partial charge is 0.227 e. The maximum Gasteiger partial charge on any atom is 0.227 e. The second-order valence-corrected chi connectivity index (χ2v) is 5.59. The lowest BCUT2D eigenvalue weighted by Gasteiger charge is -2.17. The van der Waals surface area contributed by atoms with Crippen molar-refractivity contribution < 1.29 is 19.0 Å². The van der Waals surface area contributed by atoms with Gasteiger partial charge in [-0.1, -0.05) is 25.7 Å². The average molecular weight is 307 g/mol. The summed E-state index contributed by atoms with van der Waals surface area (Å²) in [6, 6.07) is 3.52. The Morgan fingerprint density at radius 1 is 0.955 bits per heavy atom. The number of carbonyl (C=O) groups excluding carboxylic acids is 1. The molecule has 5 heteroatoms. The molecule has 1 aromatic carbocycles. The van der Waals surface area contributed by atoms with Crippen LogP contribution in [0.3, 0.4) is 0 Å². The van der Waals surface area contributed by atoms with Gasteiger partial charge in [-0.25, -0.2) is 0 Å². The summed E-state index contributed by atoms with van der Waals surface area (Å²) < 4.78 is 15.9. The van der Waals surface area contributed by atoms with Crippen molar-refractivity contribution in [2.24, 2.45) is 5.92 Å². The normalized spacial score (nSPS) is 15.8. The molecule has 0 unspecified atom stereocenters. The highest BCUT2D eigenvalue weighted by Crippen LogP contribution is 2.40. The van der Waals surface area contributed by atoms with Crippen LogP contribution in [-0.2, 0) is 4.79 Å². The molecule has 2 rings (SSSR count). The Morgan fingerprint density at radius 2 is 1.50 bits per heavy atom. The van der Waals surface area contributed by atoms with Crippen LogP contribution in [0.1, 0.15) is 38.5 Å². The molecule has 5 nitrogen and oxygen atoms in total. The predicted octanol–water partition coefficient (Wildman–Crippen LogP) is 3.62. The molecule has 0 bridgehead atoms. The van der Waals surface area contributed by atoms with Crippen molar-refractivity contribution in [2.45, 2.75) is 38.5 Å². The fourth-order valence-electron chi connectivity index (χ4n) is 2.94. The first-order valence-corrected chi connectivity index (χ1v) is 7.80. The van der Waals surface area contributed by atoms with E-state index in [9.17, 15) is 4.79 Å². The first-order valence-electron chi connectivity index (χ1n) is 7.80. The number of methoxy groups -OCH3 is 3. The Morgan fingerprint density at radius 3 is 1.95 bits per heavy atom. The molecule has 122 valence electrons. The molecular weight excluding hydrogens is 282 g/mol. The maximum absolute atomic E-state index is 12.5. The van der Waals surface area contributed by atoms with E-state index in [1.807, 2.05) is 0 Å². The van der Waals surface area contributed by atoms with E-state index >= 15 is 0 Å². The molecule has 0 atom stereocenters. The van der Waals surface area contributed by atoms with Crippen LogP contribution in [0.5, 0.6) is 17.2 Å². The van der Waals surface area contributed by atoms with Gasteiger partial charge in [0.05, 0.1) is 21.3 Å². The molecule has 1 fully saturated rings. The summed E-state index contributed by atoms with van der Waals surface area (Å²) in [6.45, 7) is 0. The highest BCUT2D eigenvalue weighted by atomic mass is 16.5. The number of ether oxygens (including phenoxy) is 3. The highest BCUT2D eigenvalue weighted by Gasteiger charge is 2.21. The summed E-state index contributed by atoms with van der Waals surface area (Å²) in [5.41, 5.74) is 0.670. The van der Waals surface area contributed by atoms with Crippen molar-refractivity contribution in [3.05, 3.63) is 12.1 Å². The number of nitrogens with one attached hydrogen (secondary N) is 1. The Labute approximate surface area is 131 Å². The van der Waals surface area contributed by atoms with E-state index in [0.717, 1.165) is 25.7 Å². The molecule has 1 aliphatic rings. The zero-order chi connectivity index (χ0) is 15.9. The number of benzene rings is 1. The number of carbonyl (C=O) groups is 1. The van der Waals surface area contributed by atoms with Gasteiger partial charge in [-0.3, -0.25) is 4.79 Å². The van der Waals surface area contributed by atoms with Gasteiger partial charge in [-0.15, -0.1) is 0 Å². The van der Waals surface area contributed by atoms with E-state index in [2.05, 4.69) is 5.32 Å². The van der Waals surface area contributed by atoms with Crippen LogP contribution in [-0.4, -0.2) is 27.2 Å². The molecule has 0 aromatic heterocycles. The third-order valence-electron chi connectivity index (χ3n) is 4.16. The molecule has 1 aliphatic carbocycles. The molecule has 1 N–H and O–H groups in total. The van der Waals surface area contributed by atoms with Crippen LogP contribution < -0.4 is 19.5 Å². The molecule has 0 radical (unpaired) electrons. The first-order chi connectivity index (χ1) is 10.7. The van der Waals surface area contributed by atoms with Crippen LogP contribution in [0, 0.1) is 5.92 Å². The molecule has 22 heavy (non-hydrogen) atoms. The third-order valence-corrected chi connectivity index (χ3v) is 4.16. The van der Waals surface area contributed by atoms with Gasteiger partial charge in [0, 0.05) is 23.7 Å². The van der Waals surface area contributed by atoms with Gasteiger partial charge in [0.1, 0.15) is 0 Å². The van der Waals surface area contributed by atoms with Gasteiger partial charge in [0.25, 0.3) is 0 Å². The van der Waals surface area contributed by atoms with Crippen molar-refractivity contribution in [3.8, 4) is 17.2 Å². The van der Waals surface area contributed by atoms with Crippen molar-refractivity contribution in [3.63, 3.8) is 0 Å². The predicted molar refractivity (Wildman–Crippen MR) is 85.9 cm³/mol. The minimum atomic E-state index is 0.0798. The fourth-order valence-corrected chi connectivity index (χ4v) is 2.94. The van der Waals surface area contributed by atoms with Crippen molar-refractivity contribution in [1.29, 1.82) is 0 Å². The summed E-state index contributed by atoms with van der Waals surface area (Å²) in [4.78, 5) is 12.5. The molecule has 0 aliphatic heterocycles.